The molecular formula is C17H16O7S2. The van der Waals surface area contributed by atoms with E-state index in [0.717, 1.165) is 0 Å². The first kappa shape index (κ1) is 17.8. The van der Waals surface area contributed by atoms with E-state index in [0.29, 0.717) is 34.2 Å². The van der Waals surface area contributed by atoms with E-state index < -0.39 is 22.8 Å². The summed E-state index contributed by atoms with van der Waals surface area (Å²) in [5, 5.41) is 0. The van der Waals surface area contributed by atoms with Gasteiger partial charge in [-0.05, 0) is 0 Å². The summed E-state index contributed by atoms with van der Waals surface area (Å²) < 4.78 is 14.9. The predicted octanol–water partition coefficient (Wildman–Crippen LogP) is 0.876. The lowest BCUT2D eigenvalue weighted by molar-refractivity contribution is -0.159. The molecule has 6 aliphatic heterocycles. The van der Waals surface area contributed by atoms with Crippen LogP contribution in [0.4, 0.5) is 0 Å². The first-order valence-electron chi connectivity index (χ1n) is 7.75. The fourth-order valence-corrected chi connectivity index (χ4v) is 7.22. The molecule has 4 atom stereocenters. The molecule has 6 heterocycles. The minimum absolute atomic E-state index is 0. The van der Waals surface area contributed by atoms with Crippen LogP contribution >= 0.6 is 23.5 Å². The number of hydrogen-bond acceptors (Lipinski definition) is 9. The van der Waals surface area contributed by atoms with Crippen LogP contribution in [0.2, 0.25) is 0 Å². The van der Waals surface area contributed by atoms with Gasteiger partial charge in [0, 0.05) is 23.0 Å². The molecule has 6 aliphatic rings. The van der Waals surface area contributed by atoms with E-state index in [9.17, 15) is 19.2 Å². The van der Waals surface area contributed by atoms with Crippen molar-refractivity contribution in [2.24, 2.45) is 10.8 Å². The third-order valence-corrected chi connectivity index (χ3v) is 7.93. The molecule has 3 saturated heterocycles. The summed E-state index contributed by atoms with van der Waals surface area (Å²) in [6.45, 7) is 0. The molecule has 0 radical (unpaired) electrons. The highest BCUT2D eigenvalue weighted by atomic mass is 32.2. The van der Waals surface area contributed by atoms with E-state index in [1.807, 2.05) is 12.2 Å². The minimum atomic E-state index is -0.714. The zero-order valence-corrected chi connectivity index (χ0v) is 14.4. The van der Waals surface area contributed by atoms with Gasteiger partial charge in [-0.3, -0.25) is 9.59 Å². The van der Waals surface area contributed by atoms with Gasteiger partial charge in [0.25, 0.3) is 0 Å². The van der Waals surface area contributed by atoms with E-state index >= 15 is 0 Å². The number of thioether (sulfide) groups is 2. The third-order valence-electron chi connectivity index (χ3n) is 5.63. The van der Waals surface area contributed by atoms with Gasteiger partial charge >= 0.3 is 23.9 Å². The summed E-state index contributed by atoms with van der Waals surface area (Å²) >= 11 is 3.23. The van der Waals surface area contributed by atoms with Crippen LogP contribution in [-0.2, 0) is 33.4 Å². The standard InChI is InChI=1S/C10H8O4S.C6H4O3S.CH4/c11-7-9-3-15-4-10(9,8(12)14-7)6-2-1-5(9)13-6;7-5-3-1-10-2-4(3)6(8)9-5;/h1-2,5-6H,3-4H2;1-2H2;1H4. The zero-order valence-electron chi connectivity index (χ0n) is 12.8. The topological polar surface area (TPSA) is 96.0 Å². The van der Waals surface area contributed by atoms with E-state index in [-0.39, 0.29) is 31.6 Å². The largest absolute Gasteiger partial charge is 0.392 e. The normalized spacial score (nSPS) is 40.6. The Hall–Kier alpha value is -1.58. The van der Waals surface area contributed by atoms with Crippen molar-refractivity contribution in [2.75, 3.05) is 23.0 Å². The number of esters is 4. The Morgan fingerprint density at radius 3 is 1.81 bits per heavy atom. The van der Waals surface area contributed by atoms with Crippen LogP contribution in [0.25, 0.3) is 0 Å². The molecule has 0 aromatic rings. The van der Waals surface area contributed by atoms with Crippen molar-refractivity contribution in [3.63, 3.8) is 0 Å². The summed E-state index contributed by atoms with van der Waals surface area (Å²) in [7, 11) is 0. The summed E-state index contributed by atoms with van der Waals surface area (Å²) in [4.78, 5) is 45.3. The van der Waals surface area contributed by atoms with Gasteiger partial charge in [-0.2, -0.15) is 23.5 Å². The Morgan fingerprint density at radius 1 is 0.808 bits per heavy atom. The van der Waals surface area contributed by atoms with Crippen LogP contribution in [0.3, 0.4) is 0 Å². The third kappa shape index (κ3) is 1.86. The van der Waals surface area contributed by atoms with Gasteiger partial charge < -0.3 is 14.2 Å². The molecule has 4 unspecified atom stereocenters. The van der Waals surface area contributed by atoms with Crippen LogP contribution in [0.15, 0.2) is 23.3 Å². The Morgan fingerprint density at radius 2 is 1.31 bits per heavy atom. The predicted molar refractivity (Wildman–Crippen MR) is 93.3 cm³/mol. The Kier molecular flexibility index (Phi) is 3.91. The summed E-state index contributed by atoms with van der Waals surface area (Å²) in [5.74, 6) is 0.921. The Bertz CT molecular complexity index is 756. The number of fused-ring (bicyclic) bond motifs is 2. The fourth-order valence-electron chi connectivity index (χ4n) is 4.30. The van der Waals surface area contributed by atoms with Gasteiger partial charge in [-0.1, -0.05) is 19.6 Å². The lowest BCUT2D eigenvalue weighted by Crippen LogP contribution is -2.50. The maximum absolute atomic E-state index is 11.9. The summed E-state index contributed by atoms with van der Waals surface area (Å²) in [6, 6.07) is 0. The van der Waals surface area contributed by atoms with Crippen LogP contribution in [0, 0.1) is 10.8 Å². The number of ether oxygens (including phenoxy) is 3. The van der Waals surface area contributed by atoms with Crippen molar-refractivity contribution in [1.29, 1.82) is 0 Å². The highest BCUT2D eigenvalue weighted by molar-refractivity contribution is 8.00. The molecule has 0 N–H and O–H groups in total. The van der Waals surface area contributed by atoms with Crippen LogP contribution < -0.4 is 0 Å². The molecule has 9 heteroatoms. The average Bonchev–Trinajstić information content (AvgIpc) is 3.37. The van der Waals surface area contributed by atoms with Gasteiger partial charge in [0.1, 0.15) is 10.8 Å². The molecule has 3 fully saturated rings. The number of carbonyl (C=O) groups excluding carboxylic acids is 4. The lowest BCUT2D eigenvalue weighted by atomic mass is 9.61. The van der Waals surface area contributed by atoms with E-state index in [2.05, 4.69) is 4.74 Å². The molecule has 7 nitrogen and oxygen atoms in total. The Labute approximate surface area is 157 Å². The van der Waals surface area contributed by atoms with E-state index in [1.54, 1.807) is 23.5 Å². The first-order chi connectivity index (χ1) is 12.0. The second kappa shape index (κ2) is 5.71. The van der Waals surface area contributed by atoms with Gasteiger partial charge in [0.15, 0.2) is 0 Å². The van der Waals surface area contributed by atoms with Gasteiger partial charge in [-0.15, -0.1) is 0 Å². The summed E-state index contributed by atoms with van der Waals surface area (Å²) in [6.07, 6.45) is 3.29. The molecule has 138 valence electrons. The Balaban J connectivity index is 0.000000135. The number of hydrogen-bond donors (Lipinski definition) is 0. The SMILES string of the molecule is C.O=C1OC(=O)C23CSCC12C1C=CC3O1.O=C1OC(=O)C2=C1CSC2. The molecular weight excluding hydrogens is 380 g/mol. The fraction of sp³-hybridized carbons (Fsp3) is 0.529. The maximum Gasteiger partial charge on any atom is 0.343 e. The molecule has 0 saturated carbocycles. The number of cyclic esters (lactones) is 4. The van der Waals surface area contributed by atoms with Gasteiger partial charge in [0.05, 0.1) is 23.4 Å². The maximum atomic E-state index is 11.9. The van der Waals surface area contributed by atoms with E-state index in [4.69, 9.17) is 9.47 Å². The number of rotatable bonds is 0. The molecule has 0 amide bonds. The average molecular weight is 396 g/mol. The second-order valence-corrected chi connectivity index (χ2v) is 8.57. The minimum Gasteiger partial charge on any atom is -0.392 e. The quantitative estimate of drug-likeness (QED) is 0.336. The lowest BCUT2D eigenvalue weighted by Gasteiger charge is -2.30. The van der Waals surface area contributed by atoms with Crippen molar-refractivity contribution in [3.05, 3.63) is 23.3 Å². The van der Waals surface area contributed by atoms with Crippen molar-refractivity contribution in [2.45, 2.75) is 19.6 Å². The van der Waals surface area contributed by atoms with Gasteiger partial charge in [-0.25, -0.2) is 9.59 Å². The smallest absolute Gasteiger partial charge is 0.343 e. The highest BCUT2D eigenvalue weighted by Crippen LogP contribution is 2.67. The first-order valence-corrected chi connectivity index (χ1v) is 10.1. The second-order valence-electron chi connectivity index (χ2n) is 6.60. The number of carbonyl (C=O) groups is 4. The monoisotopic (exact) mass is 396 g/mol. The molecule has 6 rings (SSSR count). The molecule has 0 aromatic heterocycles. The van der Waals surface area contributed by atoms with Crippen molar-refractivity contribution >= 4 is 47.4 Å². The molecule has 0 aliphatic carbocycles. The van der Waals surface area contributed by atoms with Crippen LogP contribution in [0.5, 0.6) is 0 Å². The van der Waals surface area contributed by atoms with E-state index in [1.165, 1.54) is 0 Å². The van der Waals surface area contributed by atoms with Crippen molar-refractivity contribution in [1.82, 2.24) is 0 Å². The highest BCUT2D eigenvalue weighted by Gasteiger charge is 2.82. The van der Waals surface area contributed by atoms with Crippen LogP contribution in [0.1, 0.15) is 7.43 Å². The van der Waals surface area contributed by atoms with Crippen molar-refractivity contribution < 1.29 is 33.4 Å². The molecule has 0 spiro atoms. The molecule has 26 heavy (non-hydrogen) atoms. The zero-order chi connectivity index (χ0) is 17.4. The summed E-state index contributed by atoms with van der Waals surface area (Å²) in [5.41, 5.74) is -0.271. The molecule has 0 aromatic carbocycles. The van der Waals surface area contributed by atoms with Gasteiger partial charge in [0.2, 0.25) is 0 Å². The molecule has 2 bridgehead atoms. The van der Waals surface area contributed by atoms with Crippen LogP contribution in [-0.4, -0.2) is 59.1 Å². The van der Waals surface area contributed by atoms with Crippen molar-refractivity contribution in [3.8, 4) is 0 Å².